The van der Waals surface area contributed by atoms with E-state index in [0.717, 1.165) is 45.1 Å². The van der Waals surface area contributed by atoms with Gasteiger partial charge >= 0.3 is 0 Å². The van der Waals surface area contributed by atoms with E-state index in [1.165, 1.54) is 0 Å². The normalized spacial score (nSPS) is 15.9. The van der Waals surface area contributed by atoms with E-state index < -0.39 is 0 Å². The van der Waals surface area contributed by atoms with Crippen LogP contribution in [0.4, 0.5) is 5.69 Å². The Bertz CT molecular complexity index is 467. The first-order valence-electron chi connectivity index (χ1n) is 6.56. The fourth-order valence-corrected chi connectivity index (χ4v) is 2.53. The molecular weight excluding hydrogens is 317 g/mol. The molecule has 0 unspecified atom stereocenters. The molecule has 1 aromatic rings. The lowest BCUT2D eigenvalue weighted by molar-refractivity contribution is -0.906. The molecule has 3 N–H and O–H groups in total. The maximum atomic E-state index is 5.95. The summed E-state index contributed by atoms with van der Waals surface area (Å²) in [7, 11) is 0. The third-order valence-corrected chi connectivity index (χ3v) is 4.13. The van der Waals surface area contributed by atoms with Gasteiger partial charge in [-0.3, -0.25) is 0 Å². The molecule has 20 heavy (non-hydrogen) atoms. The van der Waals surface area contributed by atoms with Gasteiger partial charge in [-0.25, -0.2) is 0 Å². The van der Waals surface area contributed by atoms with Crippen LogP contribution >= 0.6 is 35.4 Å². The average Bonchev–Trinajstić information content (AvgIpc) is 2.44. The van der Waals surface area contributed by atoms with Crippen molar-refractivity contribution >= 4 is 46.2 Å². The van der Waals surface area contributed by atoms with Gasteiger partial charge in [0.2, 0.25) is 0 Å². The molecule has 1 aromatic carbocycles. The number of hydrogen-bond donors (Lipinski definition) is 3. The minimum absolute atomic E-state index is 0.511. The summed E-state index contributed by atoms with van der Waals surface area (Å²) >= 11 is 17.1. The first-order chi connectivity index (χ1) is 9.65. The zero-order valence-electron chi connectivity index (χ0n) is 11.0. The summed E-state index contributed by atoms with van der Waals surface area (Å²) in [6.07, 6.45) is 0. The van der Waals surface area contributed by atoms with E-state index in [0.29, 0.717) is 15.2 Å². The van der Waals surface area contributed by atoms with Crippen LogP contribution < -0.4 is 15.5 Å². The van der Waals surface area contributed by atoms with Crippen LogP contribution in [0.25, 0.3) is 0 Å². The van der Waals surface area contributed by atoms with E-state index in [4.69, 9.17) is 40.2 Å². The lowest BCUT2D eigenvalue weighted by atomic mass is 10.3. The van der Waals surface area contributed by atoms with Crippen molar-refractivity contribution < 1.29 is 9.64 Å². The third kappa shape index (κ3) is 5.07. The summed E-state index contributed by atoms with van der Waals surface area (Å²) in [6, 6.07) is 5.34. The van der Waals surface area contributed by atoms with Crippen LogP contribution in [0.1, 0.15) is 0 Å². The monoisotopic (exact) mass is 334 g/mol. The first kappa shape index (κ1) is 15.8. The summed E-state index contributed by atoms with van der Waals surface area (Å²) in [5, 5.41) is 7.93. The number of benzene rings is 1. The maximum absolute atomic E-state index is 5.95. The van der Waals surface area contributed by atoms with Crippen LogP contribution in [0, 0.1) is 0 Å². The molecule has 0 aliphatic carbocycles. The number of hydrogen-bond acceptors (Lipinski definition) is 2. The molecule has 1 aliphatic rings. The number of quaternary nitrogens is 1. The van der Waals surface area contributed by atoms with E-state index in [1.807, 2.05) is 6.07 Å². The van der Waals surface area contributed by atoms with Crippen molar-refractivity contribution in [1.29, 1.82) is 0 Å². The summed E-state index contributed by atoms with van der Waals surface area (Å²) in [6.45, 7) is 5.70. The lowest BCUT2D eigenvalue weighted by Gasteiger charge is -2.24. The molecule has 0 aromatic heterocycles. The smallest absolute Gasteiger partial charge is 0.170 e. The minimum Gasteiger partial charge on any atom is -0.370 e. The van der Waals surface area contributed by atoms with Gasteiger partial charge < -0.3 is 20.3 Å². The number of anilines is 1. The van der Waals surface area contributed by atoms with Gasteiger partial charge in [-0.1, -0.05) is 23.2 Å². The van der Waals surface area contributed by atoms with Gasteiger partial charge in [-0.15, -0.1) is 0 Å². The van der Waals surface area contributed by atoms with Crippen molar-refractivity contribution in [2.45, 2.75) is 0 Å². The van der Waals surface area contributed by atoms with Crippen LogP contribution in [0.15, 0.2) is 18.2 Å². The fraction of sp³-hybridized carbons (Fsp3) is 0.462. The van der Waals surface area contributed by atoms with E-state index in [1.54, 1.807) is 17.0 Å². The number of nitrogens with one attached hydrogen (secondary N) is 3. The van der Waals surface area contributed by atoms with Gasteiger partial charge in [0.1, 0.15) is 13.1 Å². The molecule has 0 amide bonds. The molecule has 1 heterocycles. The average molecular weight is 335 g/mol. The summed E-state index contributed by atoms with van der Waals surface area (Å²) < 4.78 is 5.32. The largest absolute Gasteiger partial charge is 0.370 e. The number of rotatable bonds is 4. The SMILES string of the molecule is S=C(NCC[NH+]1CCOCC1)Nc1ccc(Cl)c(Cl)c1. The van der Waals surface area contributed by atoms with Crippen molar-refractivity contribution in [3.63, 3.8) is 0 Å². The highest BCUT2D eigenvalue weighted by Gasteiger charge is 2.12. The molecule has 110 valence electrons. The molecule has 1 aliphatic heterocycles. The van der Waals surface area contributed by atoms with Gasteiger partial charge in [0, 0.05) is 5.69 Å². The van der Waals surface area contributed by atoms with Crippen molar-refractivity contribution in [2.75, 3.05) is 44.7 Å². The Morgan fingerprint density at radius 2 is 2.00 bits per heavy atom. The Morgan fingerprint density at radius 1 is 1.25 bits per heavy atom. The van der Waals surface area contributed by atoms with Crippen LogP contribution in [0.3, 0.4) is 0 Å². The second-order valence-corrected chi connectivity index (χ2v) is 5.84. The van der Waals surface area contributed by atoms with E-state index in [2.05, 4.69) is 10.6 Å². The lowest BCUT2D eigenvalue weighted by Crippen LogP contribution is -3.14. The molecule has 0 radical (unpaired) electrons. The predicted molar refractivity (Wildman–Crippen MR) is 87.1 cm³/mol. The van der Waals surface area contributed by atoms with Crippen molar-refractivity contribution in [1.82, 2.24) is 5.32 Å². The second kappa shape index (κ2) is 8.00. The molecule has 2 rings (SSSR count). The Hall–Kier alpha value is -0.590. The van der Waals surface area contributed by atoms with E-state index in [9.17, 15) is 0 Å². The number of halogens is 2. The Morgan fingerprint density at radius 3 is 2.70 bits per heavy atom. The van der Waals surface area contributed by atoms with Gasteiger partial charge in [-0.2, -0.15) is 0 Å². The van der Waals surface area contributed by atoms with Gasteiger partial charge in [0.15, 0.2) is 5.11 Å². The first-order valence-corrected chi connectivity index (χ1v) is 7.73. The molecule has 1 saturated heterocycles. The standard InChI is InChI=1S/C13H17Cl2N3OS/c14-11-2-1-10(9-12(11)15)17-13(20)16-3-4-18-5-7-19-8-6-18/h1-2,9H,3-8H2,(H2,16,17,20)/p+1. The topological polar surface area (TPSA) is 37.7 Å². The molecule has 0 atom stereocenters. The molecule has 0 spiro atoms. The Balaban J connectivity index is 1.70. The minimum atomic E-state index is 0.511. The maximum Gasteiger partial charge on any atom is 0.170 e. The molecule has 0 saturated carbocycles. The van der Waals surface area contributed by atoms with Gasteiger partial charge in [0.25, 0.3) is 0 Å². The van der Waals surface area contributed by atoms with Crippen molar-refractivity contribution in [2.24, 2.45) is 0 Å². The molecule has 1 fully saturated rings. The van der Waals surface area contributed by atoms with Crippen LogP contribution in [-0.4, -0.2) is 44.5 Å². The molecule has 4 nitrogen and oxygen atoms in total. The summed E-state index contributed by atoms with van der Waals surface area (Å²) in [5.41, 5.74) is 0.829. The van der Waals surface area contributed by atoms with Crippen LogP contribution in [0.2, 0.25) is 10.0 Å². The number of morpholine rings is 1. The van der Waals surface area contributed by atoms with Crippen molar-refractivity contribution in [3.8, 4) is 0 Å². The Labute approximate surface area is 134 Å². The zero-order valence-corrected chi connectivity index (χ0v) is 13.4. The number of thiocarbonyl (C=S) groups is 1. The third-order valence-electron chi connectivity index (χ3n) is 3.14. The van der Waals surface area contributed by atoms with E-state index in [-0.39, 0.29) is 0 Å². The fourth-order valence-electron chi connectivity index (χ4n) is 2.01. The highest BCUT2D eigenvalue weighted by Crippen LogP contribution is 2.24. The zero-order chi connectivity index (χ0) is 14.4. The predicted octanol–water partition coefficient (Wildman–Crippen LogP) is 1.19. The highest BCUT2D eigenvalue weighted by molar-refractivity contribution is 7.80. The summed E-state index contributed by atoms with van der Waals surface area (Å²) in [4.78, 5) is 1.54. The van der Waals surface area contributed by atoms with Crippen molar-refractivity contribution in [3.05, 3.63) is 28.2 Å². The van der Waals surface area contributed by atoms with Crippen LogP contribution in [0.5, 0.6) is 0 Å². The Kier molecular flexibility index (Phi) is 6.32. The highest BCUT2D eigenvalue weighted by atomic mass is 35.5. The molecular formula is C13H18Cl2N3OS+. The van der Waals surface area contributed by atoms with E-state index >= 15 is 0 Å². The summed E-state index contributed by atoms with van der Waals surface area (Å²) in [5.74, 6) is 0. The quantitative estimate of drug-likeness (QED) is 0.723. The van der Waals surface area contributed by atoms with Crippen LogP contribution in [-0.2, 0) is 4.74 Å². The van der Waals surface area contributed by atoms with Gasteiger partial charge in [-0.05, 0) is 30.4 Å². The molecule has 0 bridgehead atoms. The number of ether oxygens (including phenoxy) is 1. The second-order valence-electron chi connectivity index (χ2n) is 4.62. The van der Waals surface area contributed by atoms with Gasteiger partial charge in [0.05, 0.1) is 36.3 Å². The molecule has 7 heteroatoms.